The van der Waals surface area contributed by atoms with E-state index in [0.717, 1.165) is 6.07 Å². The third-order valence-corrected chi connectivity index (χ3v) is 4.90. The molecule has 0 aliphatic carbocycles. The van der Waals surface area contributed by atoms with E-state index in [4.69, 9.17) is 16.3 Å². The molecule has 1 aromatic rings. The summed E-state index contributed by atoms with van der Waals surface area (Å²) in [6.07, 6.45) is 2.40. The summed E-state index contributed by atoms with van der Waals surface area (Å²) in [5.74, 6) is 0.0148. The first-order chi connectivity index (χ1) is 12.4. The molecule has 0 bridgehead atoms. The molecule has 2 amide bonds. The SMILES string of the molecule is CSCC[C@@H](NC(=O)c1ccc([N+](=O)[O-])cc1Cl)C(=O)N1CCOCC1. The lowest BCUT2D eigenvalue weighted by Crippen LogP contribution is -2.52. The van der Waals surface area contributed by atoms with Crippen LogP contribution in [0.4, 0.5) is 5.69 Å². The Hall–Kier alpha value is -1.84. The number of thioether (sulfide) groups is 1. The van der Waals surface area contributed by atoms with Crippen LogP contribution in [0.25, 0.3) is 0 Å². The summed E-state index contributed by atoms with van der Waals surface area (Å²) in [6, 6.07) is 2.94. The highest BCUT2D eigenvalue weighted by molar-refractivity contribution is 7.98. The van der Waals surface area contributed by atoms with Gasteiger partial charge in [0.1, 0.15) is 6.04 Å². The van der Waals surface area contributed by atoms with Crippen molar-refractivity contribution < 1.29 is 19.2 Å². The van der Waals surface area contributed by atoms with E-state index in [-0.39, 0.29) is 22.2 Å². The van der Waals surface area contributed by atoms with Crippen LogP contribution in [0.1, 0.15) is 16.8 Å². The molecule has 0 aromatic heterocycles. The molecule has 1 heterocycles. The highest BCUT2D eigenvalue weighted by Crippen LogP contribution is 2.22. The number of carbonyl (C=O) groups excluding carboxylic acids is 2. The Labute approximate surface area is 160 Å². The van der Waals surface area contributed by atoms with Gasteiger partial charge in [0.25, 0.3) is 11.6 Å². The smallest absolute Gasteiger partial charge is 0.270 e. The van der Waals surface area contributed by atoms with Crippen molar-refractivity contribution in [3.63, 3.8) is 0 Å². The van der Waals surface area contributed by atoms with E-state index in [9.17, 15) is 19.7 Å². The van der Waals surface area contributed by atoms with Gasteiger partial charge in [-0.25, -0.2) is 0 Å². The van der Waals surface area contributed by atoms with Crippen molar-refractivity contribution in [1.29, 1.82) is 0 Å². The summed E-state index contributed by atoms with van der Waals surface area (Å²) >= 11 is 7.58. The molecular formula is C16H20ClN3O5S. The third-order valence-electron chi connectivity index (χ3n) is 3.94. The lowest BCUT2D eigenvalue weighted by molar-refractivity contribution is -0.384. The fourth-order valence-electron chi connectivity index (χ4n) is 2.53. The van der Waals surface area contributed by atoms with Crippen LogP contribution < -0.4 is 5.32 Å². The van der Waals surface area contributed by atoms with E-state index in [0.29, 0.717) is 38.5 Å². The van der Waals surface area contributed by atoms with E-state index < -0.39 is 16.9 Å². The molecule has 1 aliphatic heterocycles. The number of halogens is 1. The number of rotatable bonds is 7. The number of nitro groups is 1. The predicted molar refractivity (Wildman–Crippen MR) is 99.8 cm³/mol. The summed E-state index contributed by atoms with van der Waals surface area (Å²) in [6.45, 7) is 1.93. The Morgan fingerprint density at radius 3 is 2.69 bits per heavy atom. The van der Waals surface area contributed by atoms with Gasteiger partial charge in [0, 0.05) is 25.2 Å². The van der Waals surface area contributed by atoms with Crippen LogP contribution >= 0.6 is 23.4 Å². The van der Waals surface area contributed by atoms with E-state index in [2.05, 4.69) is 5.32 Å². The average molecular weight is 402 g/mol. The van der Waals surface area contributed by atoms with Gasteiger partial charge < -0.3 is 15.0 Å². The van der Waals surface area contributed by atoms with E-state index >= 15 is 0 Å². The van der Waals surface area contributed by atoms with E-state index in [1.54, 1.807) is 16.7 Å². The second-order valence-corrected chi connectivity index (χ2v) is 7.06. The normalized spacial score (nSPS) is 15.4. The maximum atomic E-state index is 12.7. The van der Waals surface area contributed by atoms with Gasteiger partial charge in [0.05, 0.1) is 28.7 Å². The molecule has 142 valence electrons. The van der Waals surface area contributed by atoms with Crippen LogP contribution in [-0.2, 0) is 9.53 Å². The van der Waals surface area contributed by atoms with Crippen LogP contribution in [-0.4, -0.2) is 66.0 Å². The van der Waals surface area contributed by atoms with Gasteiger partial charge >= 0.3 is 0 Å². The van der Waals surface area contributed by atoms with Gasteiger partial charge in [-0.05, 0) is 24.5 Å². The number of benzene rings is 1. The number of ether oxygens (including phenoxy) is 1. The predicted octanol–water partition coefficient (Wildman–Crippen LogP) is 1.96. The summed E-state index contributed by atoms with van der Waals surface area (Å²) < 4.78 is 5.25. The number of amides is 2. The van der Waals surface area contributed by atoms with Crippen molar-refractivity contribution in [2.45, 2.75) is 12.5 Å². The molecule has 0 spiro atoms. The minimum absolute atomic E-state index is 0.0286. The lowest BCUT2D eigenvalue weighted by Gasteiger charge is -2.30. The number of morpholine rings is 1. The third kappa shape index (κ3) is 5.33. The summed E-state index contributed by atoms with van der Waals surface area (Å²) in [5, 5.41) is 13.5. The topological polar surface area (TPSA) is 102 Å². The fourth-order valence-corrected chi connectivity index (χ4v) is 3.27. The zero-order valence-corrected chi connectivity index (χ0v) is 15.8. The molecule has 10 heteroatoms. The largest absolute Gasteiger partial charge is 0.378 e. The molecule has 1 aromatic carbocycles. The molecule has 1 atom stereocenters. The summed E-state index contributed by atoms with van der Waals surface area (Å²) in [7, 11) is 0. The number of non-ortho nitro benzene ring substituents is 1. The van der Waals surface area contributed by atoms with Gasteiger partial charge in [-0.1, -0.05) is 11.6 Å². The molecule has 26 heavy (non-hydrogen) atoms. The van der Waals surface area contributed by atoms with Crippen molar-refractivity contribution in [3.05, 3.63) is 38.9 Å². The zero-order chi connectivity index (χ0) is 19.1. The molecule has 1 aliphatic rings. The van der Waals surface area contributed by atoms with Gasteiger partial charge in [-0.2, -0.15) is 11.8 Å². The number of carbonyl (C=O) groups is 2. The molecule has 1 saturated heterocycles. The van der Waals surface area contributed by atoms with Gasteiger partial charge in [0.2, 0.25) is 5.91 Å². The van der Waals surface area contributed by atoms with Gasteiger partial charge in [-0.15, -0.1) is 0 Å². The molecular weight excluding hydrogens is 382 g/mol. The van der Waals surface area contributed by atoms with Crippen LogP contribution in [0, 0.1) is 10.1 Å². The monoisotopic (exact) mass is 401 g/mol. The van der Waals surface area contributed by atoms with E-state index in [1.807, 2.05) is 6.26 Å². The van der Waals surface area contributed by atoms with Crippen molar-refractivity contribution in [2.75, 3.05) is 38.3 Å². The standard InChI is InChI=1S/C16H20ClN3O5S/c1-26-9-4-14(16(22)19-5-7-25-8-6-19)18-15(21)12-3-2-11(20(23)24)10-13(12)17/h2-3,10,14H,4-9H2,1H3,(H,18,21)/t14-/m1/s1. The Balaban J connectivity index is 2.12. The van der Waals surface area contributed by atoms with Crippen molar-refractivity contribution in [2.24, 2.45) is 0 Å². The Kier molecular flexibility index (Phi) is 7.67. The summed E-state index contributed by atoms with van der Waals surface area (Å²) in [4.78, 5) is 37.1. The Morgan fingerprint density at radius 1 is 1.42 bits per heavy atom. The maximum Gasteiger partial charge on any atom is 0.270 e. The number of nitrogens with one attached hydrogen (secondary N) is 1. The highest BCUT2D eigenvalue weighted by atomic mass is 35.5. The first-order valence-corrected chi connectivity index (χ1v) is 9.81. The number of nitrogens with zero attached hydrogens (tertiary/aromatic N) is 2. The molecule has 1 N–H and O–H groups in total. The second kappa shape index (κ2) is 9.75. The lowest BCUT2D eigenvalue weighted by atomic mass is 10.1. The van der Waals surface area contributed by atoms with Crippen molar-refractivity contribution in [1.82, 2.24) is 10.2 Å². The van der Waals surface area contributed by atoms with Crippen LogP contribution in [0.15, 0.2) is 18.2 Å². The van der Waals surface area contributed by atoms with E-state index in [1.165, 1.54) is 12.1 Å². The molecule has 1 fully saturated rings. The van der Waals surface area contributed by atoms with Crippen LogP contribution in [0.5, 0.6) is 0 Å². The first kappa shape index (κ1) is 20.5. The van der Waals surface area contributed by atoms with Crippen molar-refractivity contribution >= 4 is 40.9 Å². The molecule has 0 radical (unpaired) electrons. The molecule has 8 nitrogen and oxygen atoms in total. The maximum absolute atomic E-state index is 12.7. The molecule has 0 saturated carbocycles. The number of hydrogen-bond donors (Lipinski definition) is 1. The van der Waals surface area contributed by atoms with Crippen LogP contribution in [0.3, 0.4) is 0 Å². The Morgan fingerprint density at radius 2 is 2.12 bits per heavy atom. The second-order valence-electron chi connectivity index (χ2n) is 5.67. The van der Waals surface area contributed by atoms with Crippen LogP contribution in [0.2, 0.25) is 5.02 Å². The Bertz CT molecular complexity index is 682. The minimum Gasteiger partial charge on any atom is -0.378 e. The number of nitro benzene ring substituents is 1. The molecule has 0 unspecified atom stereocenters. The number of hydrogen-bond acceptors (Lipinski definition) is 6. The fraction of sp³-hybridized carbons (Fsp3) is 0.500. The van der Waals surface area contributed by atoms with Gasteiger partial charge in [0.15, 0.2) is 0 Å². The van der Waals surface area contributed by atoms with Gasteiger partial charge in [-0.3, -0.25) is 19.7 Å². The first-order valence-electron chi connectivity index (χ1n) is 8.04. The average Bonchev–Trinajstić information content (AvgIpc) is 2.64. The van der Waals surface area contributed by atoms with Crippen molar-refractivity contribution in [3.8, 4) is 0 Å². The summed E-state index contributed by atoms with van der Waals surface area (Å²) in [5.41, 5.74) is -0.101. The highest BCUT2D eigenvalue weighted by Gasteiger charge is 2.28. The molecule has 2 rings (SSSR count). The zero-order valence-electron chi connectivity index (χ0n) is 14.3. The minimum atomic E-state index is -0.681. The quantitative estimate of drug-likeness (QED) is 0.553.